The summed E-state index contributed by atoms with van der Waals surface area (Å²) in [5, 5.41) is 3.58. The fourth-order valence-electron chi connectivity index (χ4n) is 4.38. The van der Waals surface area contributed by atoms with Crippen molar-refractivity contribution in [3.8, 4) is 0 Å². The van der Waals surface area contributed by atoms with Gasteiger partial charge in [-0.2, -0.15) is 0 Å². The maximum absolute atomic E-state index is 6.87. The molecule has 180 valence electrons. The van der Waals surface area contributed by atoms with E-state index in [0.29, 0.717) is 64.5 Å². The second-order valence-corrected chi connectivity index (χ2v) is 11.2. The summed E-state index contributed by atoms with van der Waals surface area (Å²) in [6, 6.07) is 4.88. The highest BCUT2D eigenvalue weighted by Gasteiger charge is 2.36. The van der Waals surface area contributed by atoms with Gasteiger partial charge in [0.05, 0.1) is 30.1 Å². The van der Waals surface area contributed by atoms with E-state index in [1.165, 1.54) is 0 Å². The monoisotopic (exact) mass is 632 g/mol. The fourth-order valence-corrected chi connectivity index (χ4v) is 7.09. The van der Waals surface area contributed by atoms with Gasteiger partial charge in [0.2, 0.25) is 6.71 Å². The molecule has 0 radical (unpaired) electrons. The lowest BCUT2D eigenvalue weighted by Gasteiger charge is -2.28. The molecule has 0 saturated heterocycles. The van der Waals surface area contributed by atoms with Gasteiger partial charge in [0, 0.05) is 15.1 Å². The van der Waals surface area contributed by atoms with Crippen molar-refractivity contribution < 1.29 is 0 Å². The molecule has 0 aliphatic carbocycles. The van der Waals surface area contributed by atoms with Gasteiger partial charge in [0.15, 0.2) is 0 Å². The van der Waals surface area contributed by atoms with Crippen LogP contribution >= 0.6 is 104 Å². The van der Waals surface area contributed by atoms with Gasteiger partial charge >= 0.3 is 0 Å². The second-order valence-electron chi connectivity index (χ2n) is 7.63. The molecule has 10 heteroatoms. The Bertz CT molecular complexity index is 1120. The molecule has 0 nitrogen and oxygen atoms in total. The Morgan fingerprint density at radius 1 is 0.441 bits per heavy atom. The van der Waals surface area contributed by atoms with E-state index in [9.17, 15) is 0 Å². The SMILES string of the molecule is CCc1c(Cl)c(Cl)cc(Cl)c1B(c1c(Cl)cc(Cl)c(Cl)c1CC)c1c(Cl)cc(Cl)c(Cl)c1CC. The first kappa shape index (κ1) is 28.9. The quantitative estimate of drug-likeness (QED) is 0.187. The molecule has 3 aromatic rings. The van der Waals surface area contributed by atoms with Crippen LogP contribution < -0.4 is 16.4 Å². The zero-order valence-corrected chi connectivity index (χ0v) is 25.1. The van der Waals surface area contributed by atoms with Crippen LogP contribution in [0.5, 0.6) is 0 Å². The summed E-state index contributed by atoms with van der Waals surface area (Å²) in [7, 11) is 0. The van der Waals surface area contributed by atoms with E-state index in [0.717, 1.165) is 33.1 Å². The minimum absolute atomic E-state index is 0.359. The van der Waals surface area contributed by atoms with E-state index in [4.69, 9.17) is 104 Å². The Morgan fingerprint density at radius 3 is 0.882 bits per heavy atom. The number of hydrogen-bond acceptors (Lipinski definition) is 0. The van der Waals surface area contributed by atoms with Crippen molar-refractivity contribution >= 4 is 128 Å². The zero-order chi connectivity index (χ0) is 25.5. The third kappa shape index (κ3) is 5.17. The van der Waals surface area contributed by atoms with Crippen LogP contribution in [0.25, 0.3) is 0 Å². The minimum Gasteiger partial charge on any atom is -0.0848 e. The van der Waals surface area contributed by atoms with Crippen LogP contribution in [-0.4, -0.2) is 6.71 Å². The summed E-state index contributed by atoms with van der Waals surface area (Å²) >= 11 is 59.8. The predicted octanol–water partition coefficient (Wildman–Crippen LogP) is 9.77. The Labute approximate surface area is 245 Å². The van der Waals surface area contributed by atoms with E-state index in [2.05, 4.69) is 0 Å². The van der Waals surface area contributed by atoms with Gasteiger partial charge in [-0.05, 0) is 70.5 Å². The molecule has 0 atom stereocenters. The van der Waals surface area contributed by atoms with E-state index in [1.54, 1.807) is 18.2 Å². The van der Waals surface area contributed by atoms with Crippen molar-refractivity contribution in [1.29, 1.82) is 0 Å². The molecule has 3 aromatic carbocycles. The molecule has 0 bridgehead atoms. The van der Waals surface area contributed by atoms with E-state index in [-0.39, 0.29) is 0 Å². The van der Waals surface area contributed by atoms with Gasteiger partial charge in [-0.15, -0.1) is 0 Å². The standard InChI is InChI=1S/C24H18BCl9/c1-4-10-19(13(26)7-16(29)22(10)32)25(20-11(5-2)23(33)17(30)8-14(20)27)21-12(6-3)24(34)18(31)9-15(21)28/h7-9H,4-6H2,1-3H3. The average molecular weight is 636 g/mol. The largest absolute Gasteiger partial charge is 0.248 e. The normalized spacial score (nSPS) is 11.3. The Balaban J connectivity index is 2.63. The van der Waals surface area contributed by atoms with Gasteiger partial charge < -0.3 is 0 Å². The highest BCUT2D eigenvalue weighted by atomic mass is 35.5. The van der Waals surface area contributed by atoms with Crippen LogP contribution in [0.3, 0.4) is 0 Å². The zero-order valence-electron chi connectivity index (χ0n) is 18.3. The molecule has 34 heavy (non-hydrogen) atoms. The van der Waals surface area contributed by atoms with Crippen molar-refractivity contribution in [2.75, 3.05) is 0 Å². The minimum atomic E-state index is -0.563. The van der Waals surface area contributed by atoms with Gasteiger partial charge in [0.25, 0.3) is 0 Å². The maximum atomic E-state index is 6.87. The summed E-state index contributed by atoms with van der Waals surface area (Å²) in [6.07, 6.45) is 1.68. The molecule has 0 N–H and O–H groups in total. The molecular weight excluding hydrogens is 618 g/mol. The molecule has 0 unspecified atom stereocenters. The van der Waals surface area contributed by atoms with E-state index >= 15 is 0 Å². The van der Waals surface area contributed by atoms with Crippen LogP contribution in [0.4, 0.5) is 0 Å². The lowest BCUT2D eigenvalue weighted by molar-refractivity contribution is 1.14. The first-order valence-electron chi connectivity index (χ1n) is 10.5. The van der Waals surface area contributed by atoms with Gasteiger partial charge in [-0.25, -0.2) is 0 Å². The molecule has 0 saturated carbocycles. The molecule has 0 heterocycles. The Morgan fingerprint density at radius 2 is 0.676 bits per heavy atom. The first-order valence-corrected chi connectivity index (χ1v) is 13.9. The molecular formula is C24H18BCl9. The van der Waals surface area contributed by atoms with Gasteiger partial charge in [-0.3, -0.25) is 0 Å². The predicted molar refractivity (Wildman–Crippen MR) is 157 cm³/mol. The number of benzene rings is 3. The van der Waals surface area contributed by atoms with Crippen LogP contribution in [0.15, 0.2) is 18.2 Å². The summed E-state index contributed by atoms with van der Waals surface area (Å²) in [5.74, 6) is 0. The summed E-state index contributed by atoms with van der Waals surface area (Å²) in [5.41, 5.74) is 4.50. The number of hydrogen-bond donors (Lipinski definition) is 0. The van der Waals surface area contributed by atoms with Crippen molar-refractivity contribution in [1.82, 2.24) is 0 Å². The molecule has 0 aliphatic rings. The third-order valence-electron chi connectivity index (χ3n) is 5.86. The lowest BCUT2D eigenvalue weighted by atomic mass is 9.34. The van der Waals surface area contributed by atoms with Crippen LogP contribution in [-0.2, 0) is 19.3 Å². The molecule has 0 aromatic heterocycles. The lowest BCUT2D eigenvalue weighted by Crippen LogP contribution is -2.57. The van der Waals surface area contributed by atoms with E-state index < -0.39 is 6.71 Å². The summed E-state index contributed by atoms with van der Waals surface area (Å²) < 4.78 is 0. The molecule has 0 spiro atoms. The highest BCUT2D eigenvalue weighted by molar-refractivity contribution is 6.99. The van der Waals surface area contributed by atoms with Crippen molar-refractivity contribution in [2.45, 2.75) is 40.0 Å². The number of rotatable bonds is 6. The summed E-state index contributed by atoms with van der Waals surface area (Å²) in [4.78, 5) is 0. The second kappa shape index (κ2) is 11.8. The van der Waals surface area contributed by atoms with Crippen molar-refractivity contribution in [2.24, 2.45) is 0 Å². The molecule has 0 aliphatic heterocycles. The number of halogens is 9. The van der Waals surface area contributed by atoms with Crippen LogP contribution in [0.1, 0.15) is 37.5 Å². The summed E-state index contributed by atoms with van der Waals surface area (Å²) in [6.45, 7) is 5.36. The Hall–Kier alpha value is 0.335. The molecule has 0 amide bonds. The van der Waals surface area contributed by atoms with Crippen LogP contribution in [0.2, 0.25) is 45.2 Å². The average Bonchev–Trinajstić information content (AvgIpc) is 2.78. The van der Waals surface area contributed by atoms with Crippen LogP contribution in [0, 0.1) is 0 Å². The fraction of sp³-hybridized carbons (Fsp3) is 0.250. The molecule has 0 fully saturated rings. The first-order chi connectivity index (χ1) is 16.0. The van der Waals surface area contributed by atoms with Gasteiger partial charge in [-0.1, -0.05) is 125 Å². The van der Waals surface area contributed by atoms with Crippen molar-refractivity contribution in [3.63, 3.8) is 0 Å². The third-order valence-corrected chi connectivity index (χ3v) is 9.28. The maximum Gasteiger partial charge on any atom is 0.248 e. The van der Waals surface area contributed by atoms with Gasteiger partial charge in [0.1, 0.15) is 0 Å². The molecule has 3 rings (SSSR count). The topological polar surface area (TPSA) is 0 Å². The Kier molecular flexibility index (Phi) is 10.0. The van der Waals surface area contributed by atoms with Crippen molar-refractivity contribution in [3.05, 3.63) is 80.1 Å². The highest BCUT2D eigenvalue weighted by Crippen LogP contribution is 2.35. The van der Waals surface area contributed by atoms with E-state index in [1.807, 2.05) is 20.8 Å². The smallest absolute Gasteiger partial charge is 0.0848 e.